The second kappa shape index (κ2) is 5.69. The SMILES string of the molecule is Nc1cccc(Cl)c1CSc1ncnc2ccccc12. The predicted octanol–water partition coefficient (Wildman–Crippen LogP) is 4.16. The zero-order valence-electron chi connectivity index (χ0n) is 10.6. The third kappa shape index (κ3) is 2.57. The summed E-state index contributed by atoms with van der Waals surface area (Å²) in [4.78, 5) is 8.61. The largest absolute Gasteiger partial charge is 0.398 e. The summed E-state index contributed by atoms with van der Waals surface area (Å²) < 4.78 is 0. The number of hydrogen-bond donors (Lipinski definition) is 1. The molecule has 3 aromatic rings. The van der Waals surface area contributed by atoms with Gasteiger partial charge in [0.25, 0.3) is 0 Å². The number of anilines is 1. The Morgan fingerprint density at radius 3 is 2.75 bits per heavy atom. The van der Waals surface area contributed by atoms with E-state index in [2.05, 4.69) is 9.97 Å². The molecule has 2 aromatic carbocycles. The second-order valence-corrected chi connectivity index (χ2v) is 5.66. The third-order valence-corrected chi connectivity index (χ3v) is 4.40. The van der Waals surface area contributed by atoms with Gasteiger partial charge < -0.3 is 5.73 Å². The Morgan fingerprint density at radius 1 is 1.05 bits per heavy atom. The Labute approximate surface area is 126 Å². The van der Waals surface area contributed by atoms with Crippen molar-refractivity contribution < 1.29 is 0 Å². The van der Waals surface area contributed by atoms with Crippen LogP contribution in [0.2, 0.25) is 5.02 Å². The minimum Gasteiger partial charge on any atom is -0.398 e. The van der Waals surface area contributed by atoms with Crippen molar-refractivity contribution in [2.45, 2.75) is 10.8 Å². The number of halogens is 1. The number of benzene rings is 2. The van der Waals surface area contributed by atoms with Crippen molar-refractivity contribution in [3.8, 4) is 0 Å². The maximum atomic E-state index is 6.19. The predicted molar refractivity (Wildman–Crippen MR) is 85.0 cm³/mol. The Kier molecular flexibility index (Phi) is 3.76. The number of nitrogens with two attached hydrogens (primary N) is 1. The van der Waals surface area contributed by atoms with E-state index in [9.17, 15) is 0 Å². The van der Waals surface area contributed by atoms with Crippen LogP contribution in [0.1, 0.15) is 5.56 Å². The molecule has 0 saturated carbocycles. The summed E-state index contributed by atoms with van der Waals surface area (Å²) in [6, 6.07) is 13.5. The van der Waals surface area contributed by atoms with Crippen LogP contribution in [0.25, 0.3) is 10.9 Å². The number of hydrogen-bond acceptors (Lipinski definition) is 4. The van der Waals surface area contributed by atoms with Gasteiger partial charge in [0, 0.05) is 27.4 Å². The summed E-state index contributed by atoms with van der Waals surface area (Å²) in [5.74, 6) is 0.687. The molecular weight excluding hydrogens is 290 g/mol. The summed E-state index contributed by atoms with van der Waals surface area (Å²) in [7, 11) is 0. The smallest absolute Gasteiger partial charge is 0.117 e. The number of rotatable bonds is 3. The van der Waals surface area contributed by atoms with E-state index in [1.54, 1.807) is 18.1 Å². The Morgan fingerprint density at radius 2 is 1.90 bits per heavy atom. The van der Waals surface area contributed by atoms with Crippen molar-refractivity contribution in [1.82, 2.24) is 9.97 Å². The van der Waals surface area contributed by atoms with Gasteiger partial charge in [-0.1, -0.05) is 35.9 Å². The molecule has 0 aliphatic carbocycles. The molecule has 0 saturated heterocycles. The maximum Gasteiger partial charge on any atom is 0.117 e. The number of nitrogen functional groups attached to an aromatic ring is 1. The van der Waals surface area contributed by atoms with Gasteiger partial charge in [-0.2, -0.15) is 0 Å². The molecule has 2 N–H and O–H groups in total. The normalized spacial score (nSPS) is 10.8. The molecule has 1 heterocycles. The van der Waals surface area contributed by atoms with E-state index in [1.165, 1.54) is 0 Å². The van der Waals surface area contributed by atoms with Crippen LogP contribution in [-0.2, 0) is 5.75 Å². The molecule has 0 unspecified atom stereocenters. The highest BCUT2D eigenvalue weighted by atomic mass is 35.5. The van der Waals surface area contributed by atoms with Gasteiger partial charge in [-0.15, -0.1) is 11.8 Å². The Balaban J connectivity index is 1.91. The minimum atomic E-state index is 0.687. The van der Waals surface area contributed by atoms with Gasteiger partial charge >= 0.3 is 0 Å². The summed E-state index contributed by atoms with van der Waals surface area (Å²) in [5, 5.41) is 2.68. The van der Waals surface area contributed by atoms with E-state index in [0.29, 0.717) is 16.5 Å². The summed E-state index contributed by atoms with van der Waals surface area (Å²) in [5.41, 5.74) is 8.57. The molecular formula is C15H12ClN3S. The summed E-state index contributed by atoms with van der Waals surface area (Å²) in [6.07, 6.45) is 1.58. The van der Waals surface area contributed by atoms with Crippen LogP contribution in [0, 0.1) is 0 Å². The molecule has 0 fully saturated rings. The van der Waals surface area contributed by atoms with Crippen LogP contribution in [0.15, 0.2) is 53.8 Å². The minimum absolute atomic E-state index is 0.687. The number of para-hydroxylation sites is 1. The van der Waals surface area contributed by atoms with Crippen molar-refractivity contribution in [3.05, 3.63) is 59.4 Å². The van der Waals surface area contributed by atoms with E-state index >= 15 is 0 Å². The van der Waals surface area contributed by atoms with E-state index < -0.39 is 0 Å². The molecule has 0 aliphatic heterocycles. The maximum absolute atomic E-state index is 6.19. The van der Waals surface area contributed by atoms with Gasteiger partial charge in [-0.25, -0.2) is 9.97 Å². The van der Waals surface area contributed by atoms with Crippen molar-refractivity contribution in [1.29, 1.82) is 0 Å². The Hall–Kier alpha value is -1.78. The monoisotopic (exact) mass is 301 g/mol. The molecule has 20 heavy (non-hydrogen) atoms. The van der Waals surface area contributed by atoms with Crippen molar-refractivity contribution in [2.75, 3.05) is 5.73 Å². The fourth-order valence-electron chi connectivity index (χ4n) is 1.96. The average molecular weight is 302 g/mol. The molecule has 1 aromatic heterocycles. The number of fused-ring (bicyclic) bond motifs is 1. The zero-order valence-corrected chi connectivity index (χ0v) is 12.2. The van der Waals surface area contributed by atoms with Crippen molar-refractivity contribution >= 4 is 40.0 Å². The fourth-order valence-corrected chi connectivity index (χ4v) is 3.34. The first-order valence-electron chi connectivity index (χ1n) is 6.11. The highest BCUT2D eigenvalue weighted by Crippen LogP contribution is 2.32. The fraction of sp³-hybridized carbons (Fsp3) is 0.0667. The van der Waals surface area contributed by atoms with Crippen LogP contribution in [-0.4, -0.2) is 9.97 Å². The molecule has 5 heteroatoms. The van der Waals surface area contributed by atoms with Gasteiger partial charge in [-0.3, -0.25) is 0 Å². The Bertz CT molecular complexity index is 735. The molecule has 0 spiro atoms. The molecule has 3 nitrogen and oxygen atoms in total. The zero-order chi connectivity index (χ0) is 13.9. The molecule has 0 bridgehead atoms. The topological polar surface area (TPSA) is 51.8 Å². The number of nitrogens with zero attached hydrogens (tertiary/aromatic N) is 2. The van der Waals surface area contributed by atoms with Crippen LogP contribution >= 0.6 is 23.4 Å². The van der Waals surface area contributed by atoms with Crippen LogP contribution in [0.4, 0.5) is 5.69 Å². The van der Waals surface area contributed by atoms with E-state index in [4.69, 9.17) is 17.3 Å². The molecule has 0 radical (unpaired) electrons. The lowest BCUT2D eigenvalue weighted by Gasteiger charge is -2.08. The van der Waals surface area contributed by atoms with Crippen LogP contribution in [0.5, 0.6) is 0 Å². The first-order valence-corrected chi connectivity index (χ1v) is 7.47. The molecule has 0 atom stereocenters. The van der Waals surface area contributed by atoms with E-state index in [-0.39, 0.29) is 0 Å². The summed E-state index contributed by atoms with van der Waals surface area (Å²) in [6.45, 7) is 0. The lowest BCUT2D eigenvalue weighted by molar-refractivity contribution is 1.10. The quantitative estimate of drug-likeness (QED) is 0.448. The van der Waals surface area contributed by atoms with Crippen LogP contribution in [0.3, 0.4) is 0 Å². The van der Waals surface area contributed by atoms with Crippen LogP contribution < -0.4 is 5.73 Å². The lowest BCUT2D eigenvalue weighted by atomic mass is 10.2. The van der Waals surface area contributed by atoms with E-state index in [0.717, 1.165) is 21.5 Å². The summed E-state index contributed by atoms with van der Waals surface area (Å²) >= 11 is 7.80. The van der Waals surface area contributed by atoms with Gasteiger partial charge in [0.05, 0.1) is 5.52 Å². The first-order chi connectivity index (χ1) is 9.75. The van der Waals surface area contributed by atoms with Crippen molar-refractivity contribution in [3.63, 3.8) is 0 Å². The van der Waals surface area contributed by atoms with E-state index in [1.807, 2.05) is 42.5 Å². The first kappa shape index (κ1) is 13.2. The van der Waals surface area contributed by atoms with Gasteiger partial charge in [0.15, 0.2) is 0 Å². The number of aromatic nitrogens is 2. The highest BCUT2D eigenvalue weighted by molar-refractivity contribution is 7.98. The highest BCUT2D eigenvalue weighted by Gasteiger charge is 2.08. The molecule has 3 rings (SSSR count). The average Bonchev–Trinajstić information content (AvgIpc) is 2.47. The molecule has 100 valence electrons. The third-order valence-electron chi connectivity index (χ3n) is 3.01. The van der Waals surface area contributed by atoms with Crippen molar-refractivity contribution in [2.24, 2.45) is 0 Å². The standard InChI is InChI=1S/C15H12ClN3S/c16-12-5-3-6-13(17)11(12)8-20-15-10-4-1-2-7-14(10)18-9-19-15/h1-7,9H,8,17H2. The lowest BCUT2D eigenvalue weighted by Crippen LogP contribution is -1.94. The second-order valence-electron chi connectivity index (χ2n) is 4.29. The van der Waals surface area contributed by atoms with Gasteiger partial charge in [0.1, 0.15) is 11.4 Å². The number of thioether (sulfide) groups is 1. The van der Waals surface area contributed by atoms with Gasteiger partial charge in [-0.05, 0) is 18.2 Å². The molecule has 0 aliphatic rings. The van der Waals surface area contributed by atoms with Gasteiger partial charge in [0.2, 0.25) is 0 Å². The molecule has 0 amide bonds.